The van der Waals surface area contributed by atoms with Crippen molar-refractivity contribution in [2.24, 2.45) is 5.92 Å². The van der Waals surface area contributed by atoms with Crippen molar-refractivity contribution in [1.82, 2.24) is 10.2 Å². The van der Waals surface area contributed by atoms with E-state index in [1.807, 2.05) is 0 Å². The maximum Gasteiger partial charge on any atom is 0.0126 e. The lowest BCUT2D eigenvalue weighted by Gasteiger charge is -2.47. The molecule has 19 heavy (non-hydrogen) atoms. The third-order valence-electron chi connectivity index (χ3n) is 5.25. The molecule has 112 valence electrons. The first kappa shape index (κ1) is 15.3. The zero-order chi connectivity index (χ0) is 13.5. The molecule has 1 N–H and O–H groups in total. The van der Waals surface area contributed by atoms with Crippen LogP contribution in [0.5, 0.6) is 0 Å². The summed E-state index contributed by atoms with van der Waals surface area (Å²) < 4.78 is 0. The van der Waals surface area contributed by atoms with Gasteiger partial charge in [0.25, 0.3) is 0 Å². The number of likely N-dealkylation sites (tertiary alicyclic amines) is 1. The summed E-state index contributed by atoms with van der Waals surface area (Å²) in [6.45, 7) is 8.47. The van der Waals surface area contributed by atoms with Crippen molar-refractivity contribution in [3.8, 4) is 0 Å². The Morgan fingerprint density at radius 2 is 1.89 bits per heavy atom. The van der Waals surface area contributed by atoms with Crippen LogP contribution >= 0.6 is 0 Å². The number of nitrogens with zero attached hydrogens (tertiary/aromatic N) is 1. The predicted octanol–water partition coefficient (Wildman–Crippen LogP) is 3.81. The van der Waals surface area contributed by atoms with Gasteiger partial charge in [0.2, 0.25) is 0 Å². The molecule has 1 saturated heterocycles. The normalized spacial score (nSPS) is 30.0. The Morgan fingerprint density at radius 3 is 2.74 bits per heavy atom. The van der Waals surface area contributed by atoms with Crippen molar-refractivity contribution >= 4 is 0 Å². The van der Waals surface area contributed by atoms with Crippen LogP contribution in [-0.4, -0.2) is 36.6 Å². The fourth-order valence-corrected chi connectivity index (χ4v) is 4.20. The zero-order valence-electron chi connectivity index (χ0n) is 13.2. The first-order chi connectivity index (χ1) is 9.33. The highest BCUT2D eigenvalue weighted by atomic mass is 15.2. The second kappa shape index (κ2) is 8.26. The number of nitrogens with one attached hydrogen (secondary N) is 1. The van der Waals surface area contributed by atoms with Crippen molar-refractivity contribution < 1.29 is 0 Å². The molecule has 0 aromatic heterocycles. The molecule has 2 nitrogen and oxygen atoms in total. The Labute approximate surface area is 120 Å². The fourth-order valence-electron chi connectivity index (χ4n) is 4.20. The van der Waals surface area contributed by atoms with Crippen LogP contribution in [0.2, 0.25) is 0 Å². The molecular formula is C17H34N2. The van der Waals surface area contributed by atoms with Gasteiger partial charge in [0, 0.05) is 12.1 Å². The molecule has 1 saturated carbocycles. The molecule has 0 aromatic rings. The summed E-state index contributed by atoms with van der Waals surface area (Å²) in [5.74, 6) is 1.03. The summed E-state index contributed by atoms with van der Waals surface area (Å²) in [5.41, 5.74) is 0. The van der Waals surface area contributed by atoms with Crippen LogP contribution in [0.25, 0.3) is 0 Å². The Balaban J connectivity index is 1.72. The van der Waals surface area contributed by atoms with Crippen molar-refractivity contribution in [3.05, 3.63) is 0 Å². The lowest BCUT2D eigenvalue weighted by atomic mass is 9.77. The smallest absolute Gasteiger partial charge is 0.0126 e. The van der Waals surface area contributed by atoms with Crippen LogP contribution in [0.3, 0.4) is 0 Å². The van der Waals surface area contributed by atoms with Crippen LogP contribution in [-0.2, 0) is 0 Å². The van der Waals surface area contributed by atoms with E-state index in [0.717, 1.165) is 18.0 Å². The van der Waals surface area contributed by atoms with Gasteiger partial charge >= 0.3 is 0 Å². The van der Waals surface area contributed by atoms with E-state index >= 15 is 0 Å². The Hall–Kier alpha value is -0.0800. The van der Waals surface area contributed by atoms with Crippen LogP contribution < -0.4 is 5.32 Å². The molecule has 0 amide bonds. The quantitative estimate of drug-likeness (QED) is 0.705. The van der Waals surface area contributed by atoms with Crippen LogP contribution in [0.15, 0.2) is 0 Å². The minimum absolute atomic E-state index is 0.800. The second-order valence-corrected chi connectivity index (χ2v) is 6.73. The molecule has 1 aliphatic carbocycles. The SMILES string of the molecule is CCCNCCCC(C)N1CCC[C@H]2CCCC[C@H]21. The van der Waals surface area contributed by atoms with E-state index in [-0.39, 0.29) is 0 Å². The summed E-state index contributed by atoms with van der Waals surface area (Å²) in [6, 6.07) is 1.73. The molecule has 2 heteroatoms. The van der Waals surface area contributed by atoms with Crippen molar-refractivity contribution in [2.45, 2.75) is 83.7 Å². The number of piperidine rings is 1. The topological polar surface area (TPSA) is 15.3 Å². The fraction of sp³-hybridized carbons (Fsp3) is 1.00. The molecule has 2 fully saturated rings. The van der Waals surface area contributed by atoms with Gasteiger partial charge in [0.05, 0.1) is 0 Å². The summed E-state index contributed by atoms with van der Waals surface area (Å²) in [5, 5.41) is 3.53. The maximum absolute atomic E-state index is 3.53. The molecule has 0 radical (unpaired) electrons. The number of rotatable bonds is 7. The average Bonchev–Trinajstić information content (AvgIpc) is 2.46. The Bertz CT molecular complexity index is 239. The highest BCUT2D eigenvalue weighted by Crippen LogP contribution is 2.36. The van der Waals surface area contributed by atoms with Gasteiger partial charge < -0.3 is 5.32 Å². The number of hydrogen-bond donors (Lipinski definition) is 1. The maximum atomic E-state index is 3.53. The van der Waals surface area contributed by atoms with E-state index in [0.29, 0.717) is 0 Å². The van der Waals surface area contributed by atoms with Gasteiger partial charge in [-0.3, -0.25) is 4.90 Å². The number of hydrogen-bond acceptors (Lipinski definition) is 2. The van der Waals surface area contributed by atoms with Crippen molar-refractivity contribution in [3.63, 3.8) is 0 Å². The first-order valence-corrected chi connectivity index (χ1v) is 8.79. The van der Waals surface area contributed by atoms with Gasteiger partial charge in [-0.15, -0.1) is 0 Å². The summed E-state index contributed by atoms with van der Waals surface area (Å²) in [6.07, 6.45) is 12.9. The third-order valence-corrected chi connectivity index (χ3v) is 5.25. The van der Waals surface area contributed by atoms with Gasteiger partial charge in [-0.05, 0) is 77.4 Å². The summed E-state index contributed by atoms with van der Waals surface area (Å²) in [7, 11) is 0. The minimum atomic E-state index is 0.800. The number of fused-ring (bicyclic) bond motifs is 1. The average molecular weight is 266 g/mol. The zero-order valence-corrected chi connectivity index (χ0v) is 13.2. The molecule has 2 rings (SSSR count). The highest BCUT2D eigenvalue weighted by Gasteiger charge is 2.34. The third kappa shape index (κ3) is 4.46. The van der Waals surface area contributed by atoms with E-state index in [1.54, 1.807) is 0 Å². The standard InChI is InChI=1S/C17H34N2/c1-3-12-18-13-6-8-15(2)19-14-7-10-16-9-4-5-11-17(16)19/h15-18H,3-14H2,1-2H3/t15?,16-,17-/m1/s1. The van der Waals surface area contributed by atoms with E-state index in [9.17, 15) is 0 Å². The van der Waals surface area contributed by atoms with E-state index in [2.05, 4.69) is 24.1 Å². The molecular weight excluding hydrogens is 232 g/mol. The van der Waals surface area contributed by atoms with Gasteiger partial charge in [0.1, 0.15) is 0 Å². The molecule has 0 spiro atoms. The molecule has 1 aliphatic heterocycles. The molecule has 1 heterocycles. The van der Waals surface area contributed by atoms with Gasteiger partial charge in [0.15, 0.2) is 0 Å². The van der Waals surface area contributed by atoms with E-state index in [1.165, 1.54) is 77.4 Å². The first-order valence-electron chi connectivity index (χ1n) is 8.79. The lowest BCUT2D eigenvalue weighted by molar-refractivity contribution is 0.0282. The largest absolute Gasteiger partial charge is 0.317 e. The molecule has 2 aliphatic rings. The summed E-state index contributed by atoms with van der Waals surface area (Å²) >= 11 is 0. The highest BCUT2D eigenvalue weighted by molar-refractivity contribution is 4.89. The Morgan fingerprint density at radius 1 is 1.11 bits per heavy atom. The minimum Gasteiger partial charge on any atom is -0.317 e. The van der Waals surface area contributed by atoms with E-state index in [4.69, 9.17) is 0 Å². The monoisotopic (exact) mass is 266 g/mol. The van der Waals surface area contributed by atoms with Crippen LogP contribution in [0.1, 0.15) is 71.6 Å². The molecule has 1 unspecified atom stereocenters. The Kier molecular flexibility index (Phi) is 6.66. The summed E-state index contributed by atoms with van der Waals surface area (Å²) in [4.78, 5) is 2.87. The molecule has 3 atom stereocenters. The predicted molar refractivity (Wildman–Crippen MR) is 83.5 cm³/mol. The lowest BCUT2D eigenvalue weighted by Crippen LogP contribution is -2.50. The molecule has 0 aromatic carbocycles. The van der Waals surface area contributed by atoms with Gasteiger partial charge in [-0.25, -0.2) is 0 Å². The van der Waals surface area contributed by atoms with Crippen LogP contribution in [0, 0.1) is 5.92 Å². The van der Waals surface area contributed by atoms with E-state index < -0.39 is 0 Å². The van der Waals surface area contributed by atoms with Crippen LogP contribution in [0.4, 0.5) is 0 Å². The second-order valence-electron chi connectivity index (χ2n) is 6.73. The molecule has 0 bridgehead atoms. The van der Waals surface area contributed by atoms with Crippen molar-refractivity contribution in [2.75, 3.05) is 19.6 Å². The van der Waals surface area contributed by atoms with Crippen molar-refractivity contribution in [1.29, 1.82) is 0 Å². The van der Waals surface area contributed by atoms with Gasteiger partial charge in [-0.1, -0.05) is 19.8 Å². The van der Waals surface area contributed by atoms with Gasteiger partial charge in [-0.2, -0.15) is 0 Å².